The number of hydrogen-bond acceptors (Lipinski definition) is 3. The van der Waals surface area contributed by atoms with Gasteiger partial charge < -0.3 is 13.7 Å². The van der Waals surface area contributed by atoms with Gasteiger partial charge in [-0.1, -0.05) is 146 Å². The van der Waals surface area contributed by atoms with Crippen molar-refractivity contribution in [3.63, 3.8) is 0 Å². The third-order valence-corrected chi connectivity index (χ3v) is 10.6. The smallest absolute Gasteiger partial charge is 0.159 e. The Balaban J connectivity index is 1.26. The molecule has 0 amide bonds. The van der Waals surface area contributed by atoms with Gasteiger partial charge in [-0.3, -0.25) is 0 Å². The number of benzene rings is 9. The van der Waals surface area contributed by atoms with Gasteiger partial charge in [0.1, 0.15) is 16.7 Å². The van der Waals surface area contributed by atoms with Crippen molar-refractivity contribution in [1.29, 1.82) is 0 Å². The van der Waals surface area contributed by atoms with Crippen LogP contribution in [0, 0.1) is 0 Å². The van der Waals surface area contributed by atoms with E-state index in [2.05, 4.69) is 181 Å². The maximum Gasteiger partial charge on any atom is 0.159 e. The monoisotopic (exact) mass is 677 g/mol. The molecule has 53 heavy (non-hydrogen) atoms. The van der Waals surface area contributed by atoms with Crippen molar-refractivity contribution in [3.05, 3.63) is 188 Å². The van der Waals surface area contributed by atoms with Gasteiger partial charge in [-0.15, -0.1) is 0 Å². The molecule has 2 aromatic heterocycles. The van der Waals surface area contributed by atoms with Crippen LogP contribution in [0.25, 0.3) is 87.7 Å². The van der Waals surface area contributed by atoms with E-state index >= 15 is 0 Å². The molecule has 0 atom stereocenters. The molecule has 0 spiro atoms. The molecule has 0 radical (unpaired) electrons. The van der Waals surface area contributed by atoms with Crippen LogP contribution in [-0.2, 0) is 0 Å². The quantitative estimate of drug-likeness (QED) is 0.182. The van der Waals surface area contributed by atoms with Gasteiger partial charge in [0, 0.05) is 27.1 Å². The summed E-state index contributed by atoms with van der Waals surface area (Å²) in [6.07, 6.45) is 0. The molecule has 0 aliphatic heterocycles. The largest absolute Gasteiger partial charge is 0.455 e. The Morgan fingerprint density at radius 2 is 0.943 bits per heavy atom. The molecule has 11 aromatic rings. The standard InChI is InChI=1S/C50H31NO2/c1-2-15-33(16-3-1)36-18-8-10-23-43(36)51(45-25-12-22-40-38-20-9-11-26-46(38)52-50(40)45)44-24-13-27-47-48(44)42-31-41(37-19-6-7-21-39(37)49(42)53-47)35-29-28-32-14-4-5-17-34(32)30-35/h1-31H. The maximum absolute atomic E-state index is 6.89. The first kappa shape index (κ1) is 29.6. The van der Waals surface area contributed by atoms with Gasteiger partial charge in [0.2, 0.25) is 0 Å². The number of rotatable bonds is 5. The first-order valence-electron chi connectivity index (χ1n) is 18.0. The number of furan rings is 2. The summed E-state index contributed by atoms with van der Waals surface area (Å²) >= 11 is 0. The fourth-order valence-electron chi connectivity index (χ4n) is 8.24. The predicted octanol–water partition coefficient (Wildman–Crippen LogP) is 14.6. The van der Waals surface area contributed by atoms with Crippen molar-refractivity contribution >= 4 is 82.5 Å². The molecular weight excluding hydrogens is 647 g/mol. The minimum Gasteiger partial charge on any atom is -0.455 e. The van der Waals surface area contributed by atoms with Gasteiger partial charge in [0.25, 0.3) is 0 Å². The van der Waals surface area contributed by atoms with E-state index in [9.17, 15) is 0 Å². The number of fused-ring (bicyclic) bond motifs is 9. The third-order valence-electron chi connectivity index (χ3n) is 10.6. The summed E-state index contributed by atoms with van der Waals surface area (Å²) in [6, 6.07) is 66.7. The van der Waals surface area contributed by atoms with Crippen LogP contribution in [0.2, 0.25) is 0 Å². The van der Waals surface area contributed by atoms with Crippen LogP contribution in [0.5, 0.6) is 0 Å². The SMILES string of the molecule is c1ccc(-c2ccccc2N(c2cccc3c2oc2ccccc23)c2cccc3oc4c5ccccc5c(-c5ccc6ccccc6c5)cc4c23)cc1. The highest BCUT2D eigenvalue weighted by atomic mass is 16.3. The first-order chi connectivity index (χ1) is 26.3. The molecule has 0 aliphatic carbocycles. The highest BCUT2D eigenvalue weighted by Crippen LogP contribution is 2.50. The normalized spacial score (nSPS) is 11.8. The zero-order valence-electron chi connectivity index (χ0n) is 28.7. The molecule has 3 nitrogen and oxygen atoms in total. The average molecular weight is 678 g/mol. The molecule has 11 rings (SSSR count). The lowest BCUT2D eigenvalue weighted by atomic mass is 9.93. The molecule has 2 heterocycles. The average Bonchev–Trinajstić information content (AvgIpc) is 3.81. The fraction of sp³-hybridized carbons (Fsp3) is 0. The Morgan fingerprint density at radius 1 is 0.321 bits per heavy atom. The lowest BCUT2D eigenvalue weighted by molar-refractivity contribution is 0.669. The summed E-state index contributed by atoms with van der Waals surface area (Å²) < 4.78 is 13.6. The summed E-state index contributed by atoms with van der Waals surface area (Å²) in [5.74, 6) is 0. The molecule has 0 fully saturated rings. The Labute approximate surface area is 305 Å². The molecule has 248 valence electrons. The Hall–Kier alpha value is -7.10. The van der Waals surface area contributed by atoms with Crippen molar-refractivity contribution in [2.75, 3.05) is 4.90 Å². The Bertz CT molecular complexity index is 3190. The molecule has 0 saturated heterocycles. The second kappa shape index (κ2) is 11.7. The highest BCUT2D eigenvalue weighted by Gasteiger charge is 2.26. The van der Waals surface area contributed by atoms with Gasteiger partial charge in [0.15, 0.2) is 5.58 Å². The van der Waals surface area contributed by atoms with E-state index < -0.39 is 0 Å². The number of anilines is 3. The summed E-state index contributed by atoms with van der Waals surface area (Å²) in [5.41, 5.74) is 11.0. The Kier molecular flexibility index (Phi) is 6.55. The van der Waals surface area contributed by atoms with Crippen LogP contribution in [-0.4, -0.2) is 0 Å². The van der Waals surface area contributed by atoms with E-state index in [4.69, 9.17) is 8.83 Å². The van der Waals surface area contributed by atoms with Crippen molar-refractivity contribution in [3.8, 4) is 22.3 Å². The van der Waals surface area contributed by atoms with Crippen LogP contribution >= 0.6 is 0 Å². The zero-order chi connectivity index (χ0) is 34.9. The Morgan fingerprint density at radius 3 is 1.85 bits per heavy atom. The molecular formula is C50H31NO2. The highest BCUT2D eigenvalue weighted by molar-refractivity contribution is 6.23. The topological polar surface area (TPSA) is 29.5 Å². The van der Waals surface area contributed by atoms with E-state index in [1.807, 2.05) is 12.1 Å². The minimum atomic E-state index is 0.831. The van der Waals surface area contributed by atoms with Crippen molar-refractivity contribution < 1.29 is 8.83 Å². The fourth-order valence-corrected chi connectivity index (χ4v) is 8.24. The molecule has 0 bridgehead atoms. The summed E-state index contributed by atoms with van der Waals surface area (Å²) in [7, 11) is 0. The van der Waals surface area contributed by atoms with Crippen molar-refractivity contribution in [2.45, 2.75) is 0 Å². The lowest BCUT2D eigenvalue weighted by Gasteiger charge is -2.28. The first-order valence-corrected chi connectivity index (χ1v) is 18.0. The molecule has 0 aliphatic rings. The summed E-state index contributed by atoms with van der Waals surface area (Å²) in [6.45, 7) is 0. The second-order valence-electron chi connectivity index (χ2n) is 13.6. The number of hydrogen-bond donors (Lipinski definition) is 0. The second-order valence-corrected chi connectivity index (χ2v) is 13.6. The summed E-state index contributed by atoms with van der Waals surface area (Å²) in [4.78, 5) is 2.37. The van der Waals surface area contributed by atoms with E-state index in [0.717, 1.165) is 82.8 Å². The summed E-state index contributed by atoms with van der Waals surface area (Å²) in [5, 5.41) is 8.98. The maximum atomic E-state index is 6.89. The van der Waals surface area contributed by atoms with Crippen LogP contribution in [0.1, 0.15) is 0 Å². The predicted molar refractivity (Wildman–Crippen MR) is 222 cm³/mol. The van der Waals surface area contributed by atoms with Gasteiger partial charge in [-0.25, -0.2) is 0 Å². The van der Waals surface area contributed by atoms with Crippen LogP contribution in [0.4, 0.5) is 17.1 Å². The number of para-hydroxylation sites is 3. The van der Waals surface area contributed by atoms with Gasteiger partial charge in [-0.05, 0) is 75.3 Å². The van der Waals surface area contributed by atoms with Gasteiger partial charge in [-0.2, -0.15) is 0 Å². The van der Waals surface area contributed by atoms with E-state index in [1.165, 1.54) is 21.9 Å². The zero-order valence-corrected chi connectivity index (χ0v) is 28.7. The molecule has 0 saturated carbocycles. The van der Waals surface area contributed by atoms with E-state index in [0.29, 0.717) is 0 Å². The molecule has 0 unspecified atom stereocenters. The van der Waals surface area contributed by atoms with Crippen LogP contribution in [0.15, 0.2) is 197 Å². The van der Waals surface area contributed by atoms with Crippen LogP contribution < -0.4 is 4.90 Å². The van der Waals surface area contributed by atoms with E-state index in [-0.39, 0.29) is 0 Å². The van der Waals surface area contributed by atoms with Crippen molar-refractivity contribution in [1.82, 2.24) is 0 Å². The lowest BCUT2D eigenvalue weighted by Crippen LogP contribution is -2.12. The van der Waals surface area contributed by atoms with Gasteiger partial charge >= 0.3 is 0 Å². The van der Waals surface area contributed by atoms with E-state index in [1.54, 1.807) is 0 Å². The minimum absolute atomic E-state index is 0.831. The third kappa shape index (κ3) is 4.61. The van der Waals surface area contributed by atoms with Crippen molar-refractivity contribution in [2.24, 2.45) is 0 Å². The molecule has 3 heteroatoms. The molecule has 9 aromatic carbocycles. The number of nitrogens with zero attached hydrogens (tertiary/aromatic N) is 1. The van der Waals surface area contributed by atoms with Gasteiger partial charge in [0.05, 0.1) is 22.4 Å². The van der Waals surface area contributed by atoms with Crippen LogP contribution in [0.3, 0.4) is 0 Å². The molecule has 0 N–H and O–H groups in total.